The van der Waals surface area contributed by atoms with Gasteiger partial charge in [-0.1, -0.05) is 25.1 Å². The van der Waals surface area contributed by atoms with E-state index in [1.807, 2.05) is 38.1 Å². The van der Waals surface area contributed by atoms with Crippen LogP contribution >= 0.6 is 0 Å². The van der Waals surface area contributed by atoms with Crippen LogP contribution in [-0.2, 0) is 4.79 Å². The van der Waals surface area contributed by atoms with E-state index in [1.54, 1.807) is 11.0 Å². The zero-order valence-electron chi connectivity index (χ0n) is 13.3. The number of likely N-dealkylation sites (tertiary alicyclic amines) is 1. The highest BCUT2D eigenvalue weighted by Crippen LogP contribution is 2.26. The number of nitrogens with zero attached hydrogens (tertiary/aromatic N) is 2. The molecule has 2 atom stereocenters. The average Bonchev–Trinajstić information content (AvgIpc) is 2.52. The third-order valence-electron chi connectivity index (χ3n) is 4.37. The van der Waals surface area contributed by atoms with Gasteiger partial charge in [-0.2, -0.15) is 0 Å². The van der Waals surface area contributed by atoms with Crippen molar-refractivity contribution >= 4 is 22.8 Å². The van der Waals surface area contributed by atoms with Gasteiger partial charge in [-0.15, -0.1) is 0 Å². The highest BCUT2D eigenvalue weighted by molar-refractivity contribution is 6.06. The zero-order chi connectivity index (χ0) is 16.6. The molecule has 2 heterocycles. The van der Waals surface area contributed by atoms with Crippen molar-refractivity contribution < 1.29 is 14.7 Å². The van der Waals surface area contributed by atoms with Crippen LogP contribution in [-0.4, -0.2) is 40.0 Å². The summed E-state index contributed by atoms with van der Waals surface area (Å²) in [6.07, 6.45) is 0.620. The minimum absolute atomic E-state index is 0.107. The number of aromatic nitrogens is 1. The van der Waals surface area contributed by atoms with Crippen LogP contribution < -0.4 is 0 Å². The first-order chi connectivity index (χ1) is 11.0. The second kappa shape index (κ2) is 5.99. The van der Waals surface area contributed by atoms with Gasteiger partial charge in [0.1, 0.15) is 0 Å². The molecule has 1 amide bonds. The molecule has 0 bridgehead atoms. The van der Waals surface area contributed by atoms with Gasteiger partial charge < -0.3 is 10.0 Å². The predicted molar refractivity (Wildman–Crippen MR) is 87.3 cm³/mol. The normalized spacial score (nSPS) is 21.4. The number of carbonyl (C=O) groups excluding carboxylic acids is 1. The molecule has 5 nitrogen and oxygen atoms in total. The first-order valence-electron chi connectivity index (χ1n) is 7.84. The molecule has 5 heteroatoms. The molecule has 2 aromatic rings. The number of carbonyl (C=O) groups is 2. The molecular weight excluding hydrogens is 292 g/mol. The minimum Gasteiger partial charge on any atom is -0.481 e. The largest absolute Gasteiger partial charge is 0.481 e. The lowest BCUT2D eigenvalue weighted by atomic mass is 9.90. The summed E-state index contributed by atoms with van der Waals surface area (Å²) in [5.41, 5.74) is 2.17. The van der Waals surface area contributed by atoms with Crippen LogP contribution in [0, 0.1) is 18.8 Å². The number of benzene rings is 1. The van der Waals surface area contributed by atoms with Crippen molar-refractivity contribution in [3.8, 4) is 0 Å². The summed E-state index contributed by atoms with van der Waals surface area (Å²) in [5.74, 6) is -1.24. The second-order valence-electron chi connectivity index (χ2n) is 6.41. The van der Waals surface area contributed by atoms with Crippen LogP contribution in [0.3, 0.4) is 0 Å². The summed E-state index contributed by atoms with van der Waals surface area (Å²) < 4.78 is 0. The third-order valence-corrected chi connectivity index (χ3v) is 4.37. The van der Waals surface area contributed by atoms with Crippen molar-refractivity contribution in [2.75, 3.05) is 13.1 Å². The number of rotatable bonds is 2. The number of aryl methyl sites for hydroxylation is 1. The zero-order valence-corrected chi connectivity index (χ0v) is 13.3. The maximum atomic E-state index is 13.0. The van der Waals surface area contributed by atoms with Gasteiger partial charge in [0.15, 0.2) is 0 Å². The van der Waals surface area contributed by atoms with E-state index in [0.717, 1.165) is 16.6 Å². The number of amides is 1. The van der Waals surface area contributed by atoms with Crippen LogP contribution in [0.5, 0.6) is 0 Å². The lowest BCUT2D eigenvalue weighted by Crippen LogP contribution is -2.45. The SMILES string of the molecule is Cc1cc(C(=O)N2CC(C)CC(C(=O)O)C2)c2ccccc2n1. The van der Waals surface area contributed by atoms with Gasteiger partial charge in [-0.25, -0.2) is 0 Å². The van der Waals surface area contributed by atoms with E-state index in [2.05, 4.69) is 4.98 Å². The Hall–Kier alpha value is -2.43. The van der Waals surface area contributed by atoms with Gasteiger partial charge in [-0.05, 0) is 31.4 Å². The van der Waals surface area contributed by atoms with Crippen molar-refractivity contribution in [3.05, 3.63) is 41.6 Å². The maximum Gasteiger partial charge on any atom is 0.308 e. The summed E-state index contributed by atoms with van der Waals surface area (Å²) in [5, 5.41) is 10.1. The molecule has 1 aromatic heterocycles. The lowest BCUT2D eigenvalue weighted by Gasteiger charge is -2.35. The molecular formula is C18H20N2O3. The Morgan fingerprint density at radius 3 is 2.74 bits per heavy atom. The summed E-state index contributed by atoms with van der Waals surface area (Å²) in [6, 6.07) is 9.34. The molecule has 120 valence electrons. The third kappa shape index (κ3) is 3.04. The van der Waals surface area contributed by atoms with Crippen LogP contribution in [0.15, 0.2) is 30.3 Å². The number of para-hydroxylation sites is 1. The molecule has 0 spiro atoms. The summed E-state index contributed by atoms with van der Waals surface area (Å²) >= 11 is 0. The van der Waals surface area contributed by atoms with Crippen molar-refractivity contribution in [1.29, 1.82) is 0 Å². The molecule has 23 heavy (non-hydrogen) atoms. The van der Waals surface area contributed by atoms with E-state index in [-0.39, 0.29) is 18.4 Å². The Morgan fingerprint density at radius 1 is 1.26 bits per heavy atom. The summed E-state index contributed by atoms with van der Waals surface area (Å²) in [6.45, 7) is 4.72. The molecule has 0 saturated carbocycles. The van der Waals surface area contributed by atoms with Gasteiger partial charge in [0, 0.05) is 24.2 Å². The highest BCUT2D eigenvalue weighted by atomic mass is 16.4. The summed E-state index contributed by atoms with van der Waals surface area (Å²) in [4.78, 5) is 30.4. The fourth-order valence-corrected chi connectivity index (χ4v) is 3.35. The predicted octanol–water partition coefficient (Wildman–Crippen LogP) is 2.73. The number of hydrogen-bond donors (Lipinski definition) is 1. The smallest absolute Gasteiger partial charge is 0.308 e. The van der Waals surface area contributed by atoms with Crippen LogP contribution in [0.2, 0.25) is 0 Å². The first-order valence-corrected chi connectivity index (χ1v) is 7.84. The fraction of sp³-hybridized carbons (Fsp3) is 0.389. The number of fused-ring (bicyclic) bond motifs is 1. The Balaban J connectivity index is 1.98. The van der Waals surface area contributed by atoms with Crippen molar-refractivity contribution in [2.45, 2.75) is 20.3 Å². The van der Waals surface area contributed by atoms with E-state index < -0.39 is 11.9 Å². The Morgan fingerprint density at radius 2 is 2.00 bits per heavy atom. The molecule has 1 N–H and O–H groups in total. The Labute approximate surface area is 134 Å². The Bertz CT molecular complexity index is 772. The van der Waals surface area contributed by atoms with E-state index in [0.29, 0.717) is 18.5 Å². The highest BCUT2D eigenvalue weighted by Gasteiger charge is 2.32. The number of pyridine rings is 1. The standard InChI is InChI=1S/C18H20N2O3/c1-11-7-13(18(22)23)10-20(9-11)17(21)15-8-12(2)19-16-6-4-3-5-14(15)16/h3-6,8,11,13H,7,9-10H2,1-2H3,(H,22,23). The molecule has 1 aromatic carbocycles. The molecule has 1 aliphatic heterocycles. The fourth-order valence-electron chi connectivity index (χ4n) is 3.35. The number of hydrogen-bond acceptors (Lipinski definition) is 3. The molecule has 0 radical (unpaired) electrons. The van der Waals surface area contributed by atoms with Gasteiger partial charge in [-0.3, -0.25) is 14.6 Å². The number of carboxylic acids is 1. The number of piperidine rings is 1. The van der Waals surface area contributed by atoms with Crippen LogP contribution in [0.1, 0.15) is 29.4 Å². The van der Waals surface area contributed by atoms with Gasteiger partial charge in [0.2, 0.25) is 0 Å². The minimum atomic E-state index is -0.829. The van der Waals surface area contributed by atoms with E-state index >= 15 is 0 Å². The topological polar surface area (TPSA) is 70.5 Å². The van der Waals surface area contributed by atoms with E-state index in [1.165, 1.54) is 0 Å². The first kappa shape index (κ1) is 15.5. The molecule has 1 fully saturated rings. The molecule has 2 unspecified atom stereocenters. The van der Waals surface area contributed by atoms with Crippen molar-refractivity contribution in [2.24, 2.45) is 11.8 Å². The van der Waals surface area contributed by atoms with Crippen LogP contribution in [0.25, 0.3) is 10.9 Å². The molecule has 3 rings (SSSR count). The molecule has 1 aliphatic rings. The molecule has 1 saturated heterocycles. The number of carboxylic acid groups (broad SMARTS) is 1. The number of aliphatic carboxylic acids is 1. The molecule has 0 aliphatic carbocycles. The van der Waals surface area contributed by atoms with Gasteiger partial charge in [0.05, 0.1) is 17.0 Å². The van der Waals surface area contributed by atoms with Gasteiger partial charge >= 0.3 is 5.97 Å². The van der Waals surface area contributed by atoms with Crippen molar-refractivity contribution in [3.63, 3.8) is 0 Å². The monoisotopic (exact) mass is 312 g/mol. The lowest BCUT2D eigenvalue weighted by molar-refractivity contribution is -0.143. The average molecular weight is 312 g/mol. The quantitative estimate of drug-likeness (QED) is 0.925. The van der Waals surface area contributed by atoms with Crippen molar-refractivity contribution in [1.82, 2.24) is 9.88 Å². The Kier molecular flexibility index (Phi) is 4.03. The van der Waals surface area contributed by atoms with Gasteiger partial charge in [0.25, 0.3) is 5.91 Å². The van der Waals surface area contributed by atoms with E-state index in [4.69, 9.17) is 0 Å². The second-order valence-corrected chi connectivity index (χ2v) is 6.41. The van der Waals surface area contributed by atoms with Crippen LogP contribution in [0.4, 0.5) is 0 Å². The maximum absolute atomic E-state index is 13.0. The van der Waals surface area contributed by atoms with E-state index in [9.17, 15) is 14.7 Å². The summed E-state index contributed by atoms with van der Waals surface area (Å²) in [7, 11) is 0.